The summed E-state index contributed by atoms with van der Waals surface area (Å²) in [7, 11) is 1.39. The minimum Gasteiger partial charge on any atom is -0.494 e. The van der Waals surface area contributed by atoms with E-state index in [9.17, 15) is 42.3 Å². The predicted octanol–water partition coefficient (Wildman–Crippen LogP) is 6.50. The molecule has 6 amide bonds. The Hall–Kier alpha value is -6.65. The number of urea groups is 1. The first-order valence-electron chi connectivity index (χ1n) is 25.4. The summed E-state index contributed by atoms with van der Waals surface area (Å²) in [5, 5.41) is 25.3. The van der Waals surface area contributed by atoms with Gasteiger partial charge in [0.05, 0.1) is 59.1 Å². The number of nitrogens with one attached hydrogen (secondary N) is 3. The third kappa shape index (κ3) is 11.6. The zero-order valence-electron chi connectivity index (χ0n) is 42.9. The first-order valence-corrected chi connectivity index (χ1v) is 26.2. The number of alkyl halides is 3. The van der Waals surface area contributed by atoms with Crippen molar-refractivity contribution in [2.45, 2.75) is 110 Å². The standard InChI is InChI=1S/C53H64F3N11O7S/c1-31(33-10-12-34(13-11-33)45-32(2)57-30-75-45)58-48(71)41-23-37(68)28-67(41)49(72)46(51(3,4)5)59-36-25-52(26-36)14-16-63(17-15-52)44(69)29-65-19-18-64(50(65)73)20-21-66-27-35-22-40(42(74-6)24-39(35)62-66)61-47(70)38-8-7-9-43(60-38)53(54,55)56/h7-13,22,24,27,30-31,36-37,41,46,59,68H,14-21,23,25-26,28-29H2,1-6H3,(H,58,71)(H,61,70)/t31-,37+,41-,46+/m0/s1. The molecule has 4 aliphatic rings. The van der Waals surface area contributed by atoms with E-state index in [1.807, 2.05) is 69.3 Å². The van der Waals surface area contributed by atoms with E-state index in [1.54, 1.807) is 49.0 Å². The van der Waals surface area contributed by atoms with E-state index >= 15 is 0 Å². The van der Waals surface area contributed by atoms with Crippen LogP contribution in [0.5, 0.6) is 5.75 Å². The number of carbonyl (C=O) groups is 5. The van der Waals surface area contributed by atoms with Crippen LogP contribution in [0.2, 0.25) is 0 Å². The van der Waals surface area contributed by atoms with Gasteiger partial charge in [0.15, 0.2) is 0 Å². The maximum atomic E-state index is 14.4. The quantitative estimate of drug-likeness (QED) is 0.0891. The summed E-state index contributed by atoms with van der Waals surface area (Å²) in [6.07, 6.45) is -0.335. The number of aromatic nitrogens is 4. The predicted molar refractivity (Wildman–Crippen MR) is 275 cm³/mol. The Kier molecular flexibility index (Phi) is 15.0. The summed E-state index contributed by atoms with van der Waals surface area (Å²) in [5.41, 5.74) is 3.46. The Bertz CT molecular complexity index is 2940. The minimum atomic E-state index is -4.71. The van der Waals surface area contributed by atoms with E-state index in [0.717, 1.165) is 59.5 Å². The highest BCUT2D eigenvalue weighted by Gasteiger charge is 2.50. The number of nitrogens with zero attached hydrogens (tertiary/aromatic N) is 8. The lowest BCUT2D eigenvalue weighted by Crippen LogP contribution is -2.63. The van der Waals surface area contributed by atoms with Crippen molar-refractivity contribution in [1.82, 2.24) is 50.0 Å². The fraction of sp³-hybridized carbons (Fsp3) is 0.509. The third-order valence-corrected chi connectivity index (χ3v) is 16.2. The zero-order valence-corrected chi connectivity index (χ0v) is 43.8. The molecule has 5 aromatic rings. The topological polar surface area (TPSA) is 207 Å². The number of hydrogen-bond acceptors (Lipinski definition) is 12. The lowest BCUT2D eigenvalue weighted by Gasteiger charge is -2.54. The van der Waals surface area contributed by atoms with Crippen LogP contribution in [0.4, 0.5) is 23.7 Å². The molecule has 400 valence electrons. The number of aliphatic hydroxyl groups excluding tert-OH is 1. The van der Waals surface area contributed by atoms with Crippen molar-refractivity contribution >= 4 is 57.6 Å². The van der Waals surface area contributed by atoms with Gasteiger partial charge in [0.1, 0.15) is 29.7 Å². The molecule has 1 spiro atoms. The Morgan fingerprint density at radius 3 is 2.36 bits per heavy atom. The molecule has 4 N–H and O–H groups in total. The Morgan fingerprint density at radius 2 is 1.69 bits per heavy atom. The number of aryl methyl sites for hydroxylation is 1. The summed E-state index contributed by atoms with van der Waals surface area (Å²) in [4.78, 5) is 83.8. The second kappa shape index (κ2) is 21.2. The minimum absolute atomic E-state index is 0.0259. The van der Waals surface area contributed by atoms with E-state index in [-0.39, 0.29) is 72.2 Å². The monoisotopic (exact) mass is 1060 g/mol. The van der Waals surface area contributed by atoms with E-state index in [4.69, 9.17) is 4.74 Å². The lowest BCUT2D eigenvalue weighted by molar-refractivity contribution is -0.143. The van der Waals surface area contributed by atoms with Crippen molar-refractivity contribution in [2.75, 3.05) is 58.2 Å². The van der Waals surface area contributed by atoms with Crippen LogP contribution in [-0.4, -0.2) is 151 Å². The van der Waals surface area contributed by atoms with Gasteiger partial charge >= 0.3 is 12.2 Å². The number of hydrogen-bond donors (Lipinski definition) is 4. The van der Waals surface area contributed by atoms with Gasteiger partial charge in [-0.25, -0.2) is 14.8 Å². The average Bonchev–Trinajstić information content (AvgIpc) is 4.17. The number of carbonyl (C=O) groups excluding carboxylic acids is 5. The van der Waals surface area contributed by atoms with Gasteiger partial charge in [-0.2, -0.15) is 18.3 Å². The van der Waals surface area contributed by atoms with Crippen molar-refractivity contribution in [3.05, 3.63) is 88.9 Å². The van der Waals surface area contributed by atoms with E-state index in [2.05, 4.69) is 31.0 Å². The fourth-order valence-corrected chi connectivity index (χ4v) is 11.7. The molecule has 75 heavy (non-hydrogen) atoms. The summed E-state index contributed by atoms with van der Waals surface area (Å²) in [5.74, 6) is -1.22. The molecule has 0 unspecified atom stereocenters. The second-order valence-corrected chi connectivity index (χ2v) is 22.4. The molecule has 1 aliphatic carbocycles. The van der Waals surface area contributed by atoms with Crippen LogP contribution in [0.3, 0.4) is 0 Å². The number of thiazole rings is 1. The van der Waals surface area contributed by atoms with Crippen LogP contribution in [0.25, 0.3) is 21.3 Å². The number of ether oxygens (including phenoxy) is 1. The van der Waals surface area contributed by atoms with Crippen molar-refractivity contribution < 1.29 is 47.0 Å². The van der Waals surface area contributed by atoms with Crippen molar-refractivity contribution in [1.29, 1.82) is 0 Å². The Labute approximate surface area is 437 Å². The van der Waals surface area contributed by atoms with Crippen LogP contribution < -0.4 is 20.7 Å². The molecule has 4 fully saturated rings. The largest absolute Gasteiger partial charge is 0.494 e. The Balaban J connectivity index is 0.726. The molecule has 9 rings (SSSR count). The lowest BCUT2D eigenvalue weighted by atomic mass is 9.60. The van der Waals surface area contributed by atoms with Gasteiger partial charge < -0.3 is 45.4 Å². The van der Waals surface area contributed by atoms with Crippen LogP contribution in [0, 0.1) is 17.8 Å². The number of rotatable bonds is 15. The smallest absolute Gasteiger partial charge is 0.433 e. The van der Waals surface area contributed by atoms with Gasteiger partial charge in [0.25, 0.3) is 5.91 Å². The molecule has 0 bridgehead atoms. The maximum Gasteiger partial charge on any atom is 0.433 e. The third-order valence-electron chi connectivity index (χ3n) is 15.2. The van der Waals surface area contributed by atoms with Crippen LogP contribution in [0.1, 0.15) is 93.3 Å². The molecular formula is C53H64F3N11O7S. The number of methoxy groups -OCH3 is 1. The molecule has 1 saturated carbocycles. The molecule has 22 heteroatoms. The van der Waals surface area contributed by atoms with Crippen LogP contribution in [-0.2, 0) is 27.1 Å². The van der Waals surface area contributed by atoms with Gasteiger partial charge in [-0.05, 0) is 79.7 Å². The van der Waals surface area contributed by atoms with Crippen LogP contribution in [0.15, 0.2) is 66.3 Å². The van der Waals surface area contributed by atoms with Gasteiger partial charge in [-0.15, -0.1) is 11.3 Å². The summed E-state index contributed by atoms with van der Waals surface area (Å²) in [6, 6.07) is 12.4. The zero-order chi connectivity index (χ0) is 53.6. The average molecular weight is 1060 g/mol. The maximum absolute atomic E-state index is 14.4. The first kappa shape index (κ1) is 53.2. The molecule has 18 nitrogen and oxygen atoms in total. The molecule has 2 aromatic carbocycles. The number of amides is 6. The number of pyridine rings is 1. The number of benzene rings is 2. The number of β-amino-alcohol motifs (C(OH)–C–C–N with tert-alkyl or cyclic N) is 1. The number of piperidine rings is 1. The second-order valence-electron chi connectivity index (χ2n) is 21.5. The highest BCUT2D eigenvalue weighted by Crippen LogP contribution is 2.50. The summed E-state index contributed by atoms with van der Waals surface area (Å²) < 4.78 is 46.7. The van der Waals surface area contributed by atoms with Crippen molar-refractivity contribution in [3.63, 3.8) is 0 Å². The van der Waals surface area contributed by atoms with Crippen molar-refractivity contribution in [2.24, 2.45) is 10.8 Å². The van der Waals surface area contributed by atoms with E-state index in [1.165, 1.54) is 13.2 Å². The molecule has 0 radical (unpaired) electrons. The molecule has 3 aromatic heterocycles. The number of likely N-dealkylation sites (tertiary alicyclic amines) is 2. The SMILES string of the molecule is COc1cc2nn(CCN3CCN(CC(=O)N4CCC5(CC4)CC(N[C@H](C(=O)N4C[C@H](O)C[C@H]4C(=O)N[C@@H](C)c4ccc(-c6scnc6C)cc4)C(C)(C)C)C5)C3=O)cc2cc1NC(=O)c1cccc(C(F)(F)F)n1. The molecule has 3 aliphatic heterocycles. The normalized spacial score (nSPS) is 19.9. The van der Waals surface area contributed by atoms with Gasteiger partial charge in [-0.3, -0.25) is 23.9 Å². The van der Waals surface area contributed by atoms with Crippen LogP contribution >= 0.6 is 11.3 Å². The van der Waals surface area contributed by atoms with Crippen molar-refractivity contribution in [3.8, 4) is 16.2 Å². The molecule has 4 atom stereocenters. The highest BCUT2D eigenvalue weighted by atomic mass is 32.1. The fourth-order valence-electron chi connectivity index (χ4n) is 10.9. The first-order chi connectivity index (χ1) is 35.6. The van der Waals surface area contributed by atoms with Gasteiger partial charge in [0, 0.05) is 69.4 Å². The number of fused-ring (bicyclic) bond motifs is 1. The molecule has 6 heterocycles. The van der Waals surface area contributed by atoms with E-state index in [0.29, 0.717) is 50.2 Å². The Morgan fingerprint density at radius 1 is 0.973 bits per heavy atom. The highest BCUT2D eigenvalue weighted by molar-refractivity contribution is 7.13. The molecular weight excluding hydrogens is 992 g/mol. The number of anilines is 1. The summed E-state index contributed by atoms with van der Waals surface area (Å²) in [6.45, 7) is 12.6. The van der Waals surface area contributed by atoms with Gasteiger partial charge in [-0.1, -0.05) is 51.1 Å². The van der Waals surface area contributed by atoms with E-state index < -0.39 is 47.1 Å². The number of aliphatic hydroxyl groups is 1. The molecule has 3 saturated heterocycles. The number of halogens is 3. The summed E-state index contributed by atoms with van der Waals surface area (Å²) >= 11 is 1.58. The van der Waals surface area contributed by atoms with Gasteiger partial charge in [0.2, 0.25) is 17.7 Å².